The number of benzene rings is 1. The van der Waals surface area contributed by atoms with Gasteiger partial charge in [-0.3, -0.25) is 14.6 Å². The van der Waals surface area contributed by atoms with E-state index in [0.717, 1.165) is 41.7 Å². The van der Waals surface area contributed by atoms with Gasteiger partial charge < -0.3 is 14.4 Å². The number of hydrogen-bond donors (Lipinski definition) is 0. The molecule has 1 aromatic carbocycles. The molecule has 2 aromatic rings. The number of carbonyl (C=O) groups is 2. The van der Waals surface area contributed by atoms with Crippen molar-refractivity contribution in [1.82, 2.24) is 9.88 Å². The molecular formula is C26H28N2O4. The van der Waals surface area contributed by atoms with Crippen molar-refractivity contribution in [3.05, 3.63) is 58.9 Å². The number of rotatable bonds is 6. The average molecular weight is 433 g/mol. The topological polar surface area (TPSA) is 68.7 Å². The van der Waals surface area contributed by atoms with Crippen LogP contribution in [0.1, 0.15) is 64.4 Å². The van der Waals surface area contributed by atoms with Crippen LogP contribution in [0.15, 0.2) is 36.7 Å². The average Bonchev–Trinajstić information content (AvgIpc) is 3.22. The third-order valence-electron chi connectivity index (χ3n) is 5.76. The normalized spacial score (nSPS) is 17.5. The van der Waals surface area contributed by atoms with Crippen LogP contribution in [0.5, 0.6) is 5.75 Å². The SMILES string of the molecule is CCCCC#Cc1cncc(C(=O)N2CCOC(COc3cccc4c3CCC4=O)C2)c1. The Labute approximate surface area is 188 Å². The fraction of sp³-hybridized carbons (Fsp3) is 0.423. The van der Waals surface area contributed by atoms with E-state index in [9.17, 15) is 9.59 Å². The Hall–Kier alpha value is -3.17. The van der Waals surface area contributed by atoms with Crippen LogP contribution in [-0.4, -0.2) is 54.0 Å². The summed E-state index contributed by atoms with van der Waals surface area (Å²) >= 11 is 0. The first-order valence-corrected chi connectivity index (χ1v) is 11.3. The first-order valence-electron chi connectivity index (χ1n) is 11.3. The molecule has 166 valence electrons. The van der Waals surface area contributed by atoms with Crippen LogP contribution in [0, 0.1) is 11.8 Å². The van der Waals surface area contributed by atoms with Gasteiger partial charge in [-0.25, -0.2) is 0 Å². The van der Waals surface area contributed by atoms with Crippen molar-refractivity contribution < 1.29 is 19.1 Å². The Balaban J connectivity index is 1.36. The van der Waals surface area contributed by atoms with E-state index in [4.69, 9.17) is 9.47 Å². The van der Waals surface area contributed by atoms with Gasteiger partial charge >= 0.3 is 0 Å². The lowest BCUT2D eigenvalue weighted by molar-refractivity contribution is -0.0402. The van der Waals surface area contributed by atoms with Gasteiger partial charge in [0.15, 0.2) is 5.78 Å². The first kappa shape index (κ1) is 22.0. The summed E-state index contributed by atoms with van der Waals surface area (Å²) in [6, 6.07) is 7.40. The molecule has 1 saturated heterocycles. The van der Waals surface area contributed by atoms with E-state index < -0.39 is 0 Å². The van der Waals surface area contributed by atoms with Crippen LogP contribution in [0.4, 0.5) is 0 Å². The molecule has 32 heavy (non-hydrogen) atoms. The molecule has 0 bridgehead atoms. The lowest BCUT2D eigenvalue weighted by atomic mass is 10.1. The van der Waals surface area contributed by atoms with Gasteiger partial charge in [-0.05, 0) is 25.0 Å². The molecule has 6 heteroatoms. The van der Waals surface area contributed by atoms with Crippen molar-refractivity contribution in [3.63, 3.8) is 0 Å². The number of nitrogens with zero attached hydrogens (tertiary/aromatic N) is 2. The Morgan fingerprint density at radius 1 is 1.31 bits per heavy atom. The number of Topliss-reactive ketones (excluding diaryl/α,β-unsaturated/α-hetero) is 1. The highest BCUT2D eigenvalue weighted by molar-refractivity contribution is 6.01. The summed E-state index contributed by atoms with van der Waals surface area (Å²) in [5.41, 5.74) is 3.03. The molecule has 0 spiro atoms. The summed E-state index contributed by atoms with van der Waals surface area (Å²) < 4.78 is 11.8. The van der Waals surface area contributed by atoms with Crippen LogP contribution in [0.3, 0.4) is 0 Å². The van der Waals surface area contributed by atoms with E-state index in [-0.39, 0.29) is 17.8 Å². The van der Waals surface area contributed by atoms with E-state index >= 15 is 0 Å². The minimum Gasteiger partial charge on any atom is -0.491 e. The van der Waals surface area contributed by atoms with E-state index in [0.29, 0.717) is 44.7 Å². The predicted molar refractivity (Wildman–Crippen MR) is 121 cm³/mol. The van der Waals surface area contributed by atoms with Crippen molar-refractivity contribution in [2.75, 3.05) is 26.3 Å². The third-order valence-corrected chi connectivity index (χ3v) is 5.76. The van der Waals surface area contributed by atoms with Crippen LogP contribution in [-0.2, 0) is 11.2 Å². The van der Waals surface area contributed by atoms with Crippen LogP contribution < -0.4 is 4.74 Å². The summed E-state index contributed by atoms with van der Waals surface area (Å²) in [4.78, 5) is 31.0. The zero-order valence-corrected chi connectivity index (χ0v) is 18.4. The highest BCUT2D eigenvalue weighted by Crippen LogP contribution is 2.30. The quantitative estimate of drug-likeness (QED) is 0.515. The molecule has 0 N–H and O–H groups in total. The Morgan fingerprint density at radius 3 is 3.09 bits per heavy atom. The summed E-state index contributed by atoms with van der Waals surface area (Å²) in [6.07, 6.45) is 7.32. The summed E-state index contributed by atoms with van der Waals surface area (Å²) in [5.74, 6) is 7.06. The molecule has 1 aliphatic carbocycles. The standard InChI is InChI=1S/C26H28N2O4/c1-2-3-4-5-7-19-14-20(16-27-15-19)26(30)28-12-13-31-21(17-28)18-32-25-9-6-8-22-23(25)10-11-24(22)29/h6,8-9,14-16,21H,2-4,10-13,17-18H2,1H3. The molecule has 6 nitrogen and oxygen atoms in total. The molecule has 1 unspecified atom stereocenters. The Bertz CT molecular complexity index is 1050. The molecule has 2 heterocycles. The Kier molecular flexibility index (Phi) is 7.18. The summed E-state index contributed by atoms with van der Waals surface area (Å²) in [5, 5.41) is 0. The highest BCUT2D eigenvalue weighted by Gasteiger charge is 2.27. The van der Waals surface area contributed by atoms with E-state index in [1.807, 2.05) is 18.2 Å². The first-order chi connectivity index (χ1) is 15.7. The van der Waals surface area contributed by atoms with Crippen molar-refractivity contribution in [3.8, 4) is 17.6 Å². The zero-order chi connectivity index (χ0) is 22.3. The fourth-order valence-electron chi connectivity index (χ4n) is 4.02. The number of carbonyl (C=O) groups excluding carboxylic acids is 2. The van der Waals surface area contributed by atoms with Crippen LogP contribution in [0.2, 0.25) is 0 Å². The molecule has 2 aliphatic rings. The van der Waals surface area contributed by atoms with Gasteiger partial charge in [0, 0.05) is 48.5 Å². The number of amides is 1. The lowest BCUT2D eigenvalue weighted by Gasteiger charge is -2.33. The van der Waals surface area contributed by atoms with E-state index in [1.54, 1.807) is 23.4 Å². The molecule has 4 rings (SSSR count). The number of hydrogen-bond acceptors (Lipinski definition) is 5. The maximum absolute atomic E-state index is 13.0. The van der Waals surface area contributed by atoms with Gasteiger partial charge in [0.2, 0.25) is 0 Å². The number of morpholine rings is 1. The van der Waals surface area contributed by atoms with Gasteiger partial charge in [0.05, 0.1) is 18.7 Å². The highest BCUT2D eigenvalue weighted by atomic mass is 16.5. The zero-order valence-electron chi connectivity index (χ0n) is 18.4. The lowest BCUT2D eigenvalue weighted by Crippen LogP contribution is -2.47. The number of unbranched alkanes of at least 4 members (excludes halogenated alkanes) is 2. The molecule has 1 aliphatic heterocycles. The molecular weight excluding hydrogens is 404 g/mol. The summed E-state index contributed by atoms with van der Waals surface area (Å²) in [7, 11) is 0. The summed E-state index contributed by atoms with van der Waals surface area (Å²) in [6.45, 7) is 3.89. The van der Waals surface area contributed by atoms with Gasteiger partial charge in [-0.2, -0.15) is 0 Å². The number of ether oxygens (including phenoxy) is 2. The molecule has 1 amide bonds. The van der Waals surface area contributed by atoms with Crippen molar-refractivity contribution in [2.45, 2.75) is 45.1 Å². The molecule has 1 fully saturated rings. The van der Waals surface area contributed by atoms with Crippen LogP contribution >= 0.6 is 0 Å². The maximum Gasteiger partial charge on any atom is 0.255 e. The molecule has 1 aromatic heterocycles. The monoisotopic (exact) mass is 432 g/mol. The van der Waals surface area contributed by atoms with Gasteiger partial charge in [0.25, 0.3) is 5.91 Å². The van der Waals surface area contributed by atoms with Crippen LogP contribution in [0.25, 0.3) is 0 Å². The second kappa shape index (κ2) is 10.4. The second-order valence-corrected chi connectivity index (χ2v) is 8.13. The van der Waals surface area contributed by atoms with Crippen molar-refractivity contribution in [1.29, 1.82) is 0 Å². The van der Waals surface area contributed by atoms with Gasteiger partial charge in [0.1, 0.15) is 18.5 Å². The number of pyridine rings is 1. The van der Waals surface area contributed by atoms with E-state index in [2.05, 4.69) is 23.7 Å². The van der Waals surface area contributed by atoms with E-state index in [1.165, 1.54) is 0 Å². The van der Waals surface area contributed by atoms with Gasteiger partial charge in [-0.1, -0.05) is 37.3 Å². The fourth-order valence-corrected chi connectivity index (χ4v) is 4.02. The van der Waals surface area contributed by atoms with Gasteiger partial charge in [-0.15, -0.1) is 0 Å². The largest absolute Gasteiger partial charge is 0.491 e. The molecule has 1 atom stereocenters. The number of ketones is 1. The number of aromatic nitrogens is 1. The van der Waals surface area contributed by atoms with Crippen molar-refractivity contribution >= 4 is 11.7 Å². The third kappa shape index (κ3) is 5.17. The minimum absolute atomic E-state index is 0.0748. The smallest absolute Gasteiger partial charge is 0.255 e. The predicted octanol–water partition coefficient (Wildman–Crippen LogP) is 3.67. The second-order valence-electron chi connectivity index (χ2n) is 8.13. The number of fused-ring (bicyclic) bond motifs is 1. The molecule has 0 radical (unpaired) electrons. The van der Waals surface area contributed by atoms with Crippen molar-refractivity contribution in [2.24, 2.45) is 0 Å². The maximum atomic E-state index is 13.0. The Morgan fingerprint density at radius 2 is 2.22 bits per heavy atom. The minimum atomic E-state index is -0.231. The molecule has 0 saturated carbocycles.